The fraction of sp³-hybridized carbons (Fsp3) is 0.296. The van der Waals surface area contributed by atoms with Gasteiger partial charge in [0.25, 0.3) is 0 Å². The zero-order chi connectivity index (χ0) is 21.2. The number of hydrogen-bond acceptors (Lipinski definition) is 4. The van der Waals surface area contributed by atoms with Crippen LogP contribution < -0.4 is 14.2 Å². The summed E-state index contributed by atoms with van der Waals surface area (Å²) >= 11 is 0. The molecule has 0 amide bonds. The normalized spacial score (nSPS) is 19.6. The lowest BCUT2D eigenvalue weighted by molar-refractivity contribution is 0.349. The Kier molecular flexibility index (Phi) is 5.37. The van der Waals surface area contributed by atoms with E-state index in [1.54, 1.807) is 14.2 Å². The largest absolute Gasteiger partial charge is 0.493 e. The second kappa shape index (κ2) is 8.46. The third kappa shape index (κ3) is 3.78. The van der Waals surface area contributed by atoms with Crippen LogP contribution in [0.1, 0.15) is 48.3 Å². The van der Waals surface area contributed by atoms with E-state index in [0.29, 0.717) is 12.0 Å². The van der Waals surface area contributed by atoms with Gasteiger partial charge in [-0.05, 0) is 54.8 Å². The summed E-state index contributed by atoms with van der Waals surface area (Å²) in [5, 5.41) is 0. The van der Waals surface area contributed by atoms with Crippen molar-refractivity contribution in [2.45, 2.75) is 37.6 Å². The Morgan fingerprint density at radius 3 is 2.32 bits per heavy atom. The maximum Gasteiger partial charge on any atom is 0.161 e. The minimum absolute atomic E-state index is 0.313. The molecule has 4 nitrogen and oxygen atoms in total. The van der Waals surface area contributed by atoms with E-state index in [-0.39, 0.29) is 0 Å². The van der Waals surface area contributed by atoms with Gasteiger partial charge >= 0.3 is 0 Å². The zero-order valence-corrected chi connectivity index (χ0v) is 18.0. The predicted molar refractivity (Wildman–Crippen MR) is 123 cm³/mol. The first kappa shape index (κ1) is 19.7. The average Bonchev–Trinajstić information content (AvgIpc) is 2.83. The van der Waals surface area contributed by atoms with Crippen LogP contribution in [0, 0.1) is 0 Å². The molecule has 0 unspecified atom stereocenters. The fourth-order valence-corrected chi connectivity index (χ4v) is 4.83. The van der Waals surface area contributed by atoms with Gasteiger partial charge in [0.05, 0.1) is 26.0 Å². The summed E-state index contributed by atoms with van der Waals surface area (Å²) in [6.07, 6.45) is 4.78. The molecule has 1 fully saturated rings. The van der Waals surface area contributed by atoms with Crippen LogP contribution in [0.25, 0.3) is 0 Å². The number of rotatable bonds is 5. The number of fused-ring (bicyclic) bond motifs is 3. The van der Waals surface area contributed by atoms with Gasteiger partial charge in [-0.15, -0.1) is 0 Å². The molecule has 0 bridgehead atoms. The topological polar surface area (TPSA) is 40.0 Å². The van der Waals surface area contributed by atoms with Gasteiger partial charge in [-0.25, -0.2) is 0 Å². The monoisotopic (exact) mass is 413 g/mol. The second-order valence-corrected chi connectivity index (χ2v) is 8.17. The molecule has 5 rings (SSSR count). The first-order valence-electron chi connectivity index (χ1n) is 10.9. The van der Waals surface area contributed by atoms with Crippen molar-refractivity contribution in [3.63, 3.8) is 0 Å². The van der Waals surface area contributed by atoms with Crippen LogP contribution in [-0.2, 0) is 0 Å². The molecule has 2 aliphatic rings. The van der Waals surface area contributed by atoms with E-state index in [2.05, 4.69) is 24.3 Å². The third-order valence-electron chi connectivity index (χ3n) is 6.32. The Balaban J connectivity index is 1.59. The minimum Gasteiger partial charge on any atom is -0.493 e. The molecule has 0 radical (unpaired) electrons. The van der Waals surface area contributed by atoms with Crippen molar-refractivity contribution < 1.29 is 14.2 Å². The standard InChI is InChI=1S/C27H27NO3/c1-29-25-16-22-21-13-6-7-14-24(21)28-27(23(22)17-26(25)30-2)18-9-8-12-20(15-18)31-19-10-4-3-5-11-19/h3-5,8-12,15-17,21,24H,6-7,13-14H2,1-2H3/t21-,24-/m1/s1. The van der Waals surface area contributed by atoms with Crippen molar-refractivity contribution >= 4 is 5.71 Å². The van der Waals surface area contributed by atoms with Crippen LogP contribution in [0.5, 0.6) is 23.0 Å². The molecule has 0 aromatic heterocycles. The third-order valence-corrected chi connectivity index (χ3v) is 6.32. The maximum absolute atomic E-state index is 6.09. The SMILES string of the molecule is COc1cc2c(cc1OC)[C@H]1CCCC[C@H]1N=C2c1cccc(Oc2ccccc2)c1. The Hall–Kier alpha value is -3.27. The lowest BCUT2D eigenvalue weighted by Gasteiger charge is -2.35. The first-order valence-corrected chi connectivity index (χ1v) is 10.9. The van der Waals surface area contributed by atoms with E-state index < -0.39 is 0 Å². The number of aliphatic imine (C=N–C) groups is 1. The molecule has 1 heterocycles. The van der Waals surface area contributed by atoms with Gasteiger partial charge < -0.3 is 14.2 Å². The smallest absolute Gasteiger partial charge is 0.161 e. The van der Waals surface area contributed by atoms with Crippen LogP contribution in [0.4, 0.5) is 0 Å². The van der Waals surface area contributed by atoms with Gasteiger partial charge in [-0.3, -0.25) is 4.99 Å². The molecule has 1 aliphatic carbocycles. The van der Waals surface area contributed by atoms with E-state index in [0.717, 1.165) is 46.3 Å². The Bertz CT molecular complexity index is 1110. The van der Waals surface area contributed by atoms with Gasteiger partial charge in [0.2, 0.25) is 0 Å². The van der Waals surface area contributed by atoms with Crippen molar-refractivity contribution in [1.29, 1.82) is 0 Å². The van der Waals surface area contributed by atoms with Gasteiger partial charge in [-0.1, -0.05) is 43.2 Å². The van der Waals surface area contributed by atoms with E-state index in [4.69, 9.17) is 19.2 Å². The first-order chi connectivity index (χ1) is 15.3. The number of nitrogens with zero attached hydrogens (tertiary/aromatic N) is 1. The van der Waals surface area contributed by atoms with Gasteiger partial charge in [0, 0.05) is 17.0 Å². The molecule has 4 heteroatoms. The molecule has 1 aliphatic heterocycles. The number of benzene rings is 3. The molecule has 158 valence electrons. The Morgan fingerprint density at radius 1 is 0.774 bits per heavy atom. The minimum atomic E-state index is 0.313. The highest BCUT2D eigenvalue weighted by Crippen LogP contribution is 2.45. The van der Waals surface area contributed by atoms with E-state index in [9.17, 15) is 0 Å². The zero-order valence-electron chi connectivity index (χ0n) is 18.0. The fourth-order valence-electron chi connectivity index (χ4n) is 4.83. The quantitative estimate of drug-likeness (QED) is 0.488. The number of para-hydroxylation sites is 1. The van der Waals surface area contributed by atoms with Crippen LogP contribution >= 0.6 is 0 Å². The van der Waals surface area contributed by atoms with Crippen molar-refractivity contribution in [1.82, 2.24) is 0 Å². The highest BCUT2D eigenvalue weighted by Gasteiger charge is 2.34. The summed E-state index contributed by atoms with van der Waals surface area (Å²) in [5.41, 5.74) is 4.53. The highest BCUT2D eigenvalue weighted by molar-refractivity contribution is 6.15. The van der Waals surface area contributed by atoms with Gasteiger partial charge in [-0.2, -0.15) is 0 Å². The molecule has 0 spiro atoms. The lowest BCUT2D eigenvalue weighted by atomic mass is 9.75. The maximum atomic E-state index is 6.09. The van der Waals surface area contributed by atoms with E-state index in [1.165, 1.54) is 24.8 Å². The van der Waals surface area contributed by atoms with E-state index >= 15 is 0 Å². The summed E-state index contributed by atoms with van der Waals surface area (Å²) < 4.78 is 17.3. The molecule has 3 aromatic rings. The second-order valence-electron chi connectivity index (χ2n) is 8.17. The van der Waals surface area contributed by atoms with Gasteiger partial charge in [0.15, 0.2) is 11.5 Å². The molecular weight excluding hydrogens is 386 g/mol. The van der Waals surface area contributed by atoms with Crippen LogP contribution in [-0.4, -0.2) is 26.0 Å². The molecule has 3 aromatic carbocycles. The molecule has 0 saturated heterocycles. The Labute approximate surface area is 183 Å². The lowest BCUT2D eigenvalue weighted by Crippen LogP contribution is -2.29. The number of hydrogen-bond donors (Lipinski definition) is 0. The summed E-state index contributed by atoms with van der Waals surface area (Å²) in [5.74, 6) is 3.59. The van der Waals surface area contributed by atoms with Crippen molar-refractivity contribution in [3.05, 3.63) is 83.4 Å². The van der Waals surface area contributed by atoms with E-state index in [1.807, 2.05) is 42.5 Å². The van der Waals surface area contributed by atoms with Gasteiger partial charge in [0.1, 0.15) is 11.5 Å². The predicted octanol–water partition coefficient (Wildman–Crippen LogP) is 6.37. The molecule has 2 atom stereocenters. The summed E-state index contributed by atoms with van der Waals surface area (Å²) in [6.45, 7) is 0. The number of methoxy groups -OCH3 is 2. The molecular formula is C27H27NO3. The summed E-state index contributed by atoms with van der Waals surface area (Å²) in [4.78, 5) is 5.26. The van der Waals surface area contributed by atoms with Crippen molar-refractivity contribution in [2.24, 2.45) is 4.99 Å². The molecule has 0 N–H and O–H groups in total. The average molecular weight is 414 g/mol. The van der Waals surface area contributed by atoms with Crippen LogP contribution in [0.2, 0.25) is 0 Å². The molecule has 1 saturated carbocycles. The van der Waals surface area contributed by atoms with Crippen LogP contribution in [0.15, 0.2) is 71.7 Å². The van der Waals surface area contributed by atoms with Crippen LogP contribution in [0.3, 0.4) is 0 Å². The summed E-state index contributed by atoms with van der Waals surface area (Å²) in [6, 6.07) is 22.6. The summed E-state index contributed by atoms with van der Waals surface area (Å²) in [7, 11) is 3.38. The number of ether oxygens (including phenoxy) is 3. The molecule has 31 heavy (non-hydrogen) atoms. The Morgan fingerprint density at radius 2 is 1.52 bits per heavy atom. The highest BCUT2D eigenvalue weighted by atomic mass is 16.5. The van der Waals surface area contributed by atoms with Crippen molar-refractivity contribution in [2.75, 3.05) is 14.2 Å². The van der Waals surface area contributed by atoms with Crippen molar-refractivity contribution in [3.8, 4) is 23.0 Å².